The van der Waals surface area contributed by atoms with E-state index >= 15 is 0 Å². The zero-order valence-electron chi connectivity index (χ0n) is 11.4. The van der Waals surface area contributed by atoms with Crippen molar-refractivity contribution in [2.24, 2.45) is 5.92 Å². The highest BCUT2D eigenvalue weighted by Crippen LogP contribution is 2.20. The molecule has 0 saturated carbocycles. The van der Waals surface area contributed by atoms with E-state index in [4.69, 9.17) is 0 Å². The molecule has 2 aromatic rings. The Bertz CT molecular complexity index is 521. The van der Waals surface area contributed by atoms with Gasteiger partial charge in [-0.05, 0) is 43.0 Å². The minimum Gasteiger partial charge on any atom is -0.342 e. The van der Waals surface area contributed by atoms with Gasteiger partial charge < -0.3 is 10.3 Å². The molecule has 0 bridgehead atoms. The lowest BCUT2D eigenvalue weighted by molar-refractivity contribution is 0.565. The monoisotopic (exact) mass is 255 g/mol. The molecule has 3 rings (SSSR count). The number of hydrogen-bond donors (Lipinski definition) is 2. The average molecular weight is 255 g/mol. The molecule has 0 spiro atoms. The molecule has 3 nitrogen and oxygen atoms in total. The number of aryl methyl sites for hydroxylation is 1. The highest BCUT2D eigenvalue weighted by Gasteiger charge is 2.16. The molecule has 3 heteroatoms. The average Bonchev–Trinajstić information content (AvgIpc) is 3.11. The quantitative estimate of drug-likeness (QED) is 0.882. The van der Waals surface area contributed by atoms with Crippen molar-refractivity contribution in [2.75, 3.05) is 13.1 Å². The first-order chi connectivity index (χ1) is 9.35. The van der Waals surface area contributed by atoms with Gasteiger partial charge in [-0.15, -0.1) is 0 Å². The second kappa shape index (κ2) is 5.57. The summed E-state index contributed by atoms with van der Waals surface area (Å²) in [5, 5.41) is 3.40. The van der Waals surface area contributed by atoms with Gasteiger partial charge in [0.05, 0.1) is 11.9 Å². The van der Waals surface area contributed by atoms with Crippen molar-refractivity contribution in [3.63, 3.8) is 0 Å². The predicted molar refractivity (Wildman–Crippen MR) is 78.1 cm³/mol. The van der Waals surface area contributed by atoms with Gasteiger partial charge >= 0.3 is 0 Å². The van der Waals surface area contributed by atoms with E-state index in [-0.39, 0.29) is 0 Å². The first-order valence-electron chi connectivity index (χ1n) is 7.19. The Labute approximate surface area is 114 Å². The third-order valence-electron chi connectivity index (χ3n) is 3.95. The summed E-state index contributed by atoms with van der Waals surface area (Å²) < 4.78 is 0. The number of hydrogen-bond acceptors (Lipinski definition) is 2. The van der Waals surface area contributed by atoms with Crippen molar-refractivity contribution in [3.8, 4) is 11.3 Å². The fraction of sp³-hybridized carbons (Fsp3) is 0.438. The Kier molecular flexibility index (Phi) is 3.65. The summed E-state index contributed by atoms with van der Waals surface area (Å²) in [5.74, 6) is 1.85. The number of aromatic amines is 1. The number of aromatic nitrogens is 2. The van der Waals surface area contributed by atoms with Crippen LogP contribution in [0.25, 0.3) is 11.3 Å². The normalized spacial score (nSPS) is 18.9. The van der Waals surface area contributed by atoms with Gasteiger partial charge in [0.25, 0.3) is 0 Å². The summed E-state index contributed by atoms with van der Waals surface area (Å²) in [6.07, 6.45) is 5.36. The number of H-pyrrole nitrogens is 1. The SMILES string of the molecule is CCc1ccc(-c2cnc(CC3CCNC3)[nH]2)cc1. The fourth-order valence-electron chi connectivity index (χ4n) is 2.70. The maximum atomic E-state index is 4.52. The van der Waals surface area contributed by atoms with Crippen molar-refractivity contribution in [3.05, 3.63) is 41.9 Å². The van der Waals surface area contributed by atoms with Crippen molar-refractivity contribution in [2.45, 2.75) is 26.2 Å². The lowest BCUT2D eigenvalue weighted by Crippen LogP contribution is -2.11. The van der Waals surface area contributed by atoms with Crippen molar-refractivity contribution in [1.29, 1.82) is 0 Å². The zero-order chi connectivity index (χ0) is 13.1. The highest BCUT2D eigenvalue weighted by atomic mass is 14.9. The van der Waals surface area contributed by atoms with E-state index < -0.39 is 0 Å². The minimum absolute atomic E-state index is 0.737. The van der Waals surface area contributed by atoms with E-state index in [1.54, 1.807) is 0 Å². The molecule has 2 heterocycles. The molecule has 2 N–H and O–H groups in total. The van der Waals surface area contributed by atoms with Crippen molar-refractivity contribution in [1.82, 2.24) is 15.3 Å². The van der Waals surface area contributed by atoms with Gasteiger partial charge in [-0.2, -0.15) is 0 Å². The number of imidazole rings is 1. The Morgan fingerprint density at radius 2 is 2.11 bits per heavy atom. The van der Waals surface area contributed by atoms with Gasteiger partial charge in [0.15, 0.2) is 0 Å². The molecule has 1 aliphatic rings. The first-order valence-corrected chi connectivity index (χ1v) is 7.19. The van der Waals surface area contributed by atoms with Crippen LogP contribution in [0.4, 0.5) is 0 Å². The molecule has 1 atom stereocenters. The third-order valence-corrected chi connectivity index (χ3v) is 3.95. The van der Waals surface area contributed by atoms with Crippen LogP contribution >= 0.6 is 0 Å². The van der Waals surface area contributed by atoms with Gasteiger partial charge in [0.2, 0.25) is 0 Å². The molecule has 1 aromatic heterocycles. The molecular weight excluding hydrogens is 234 g/mol. The summed E-state index contributed by atoms with van der Waals surface area (Å²) in [6.45, 7) is 4.46. The van der Waals surface area contributed by atoms with E-state index in [9.17, 15) is 0 Å². The molecule has 0 aliphatic carbocycles. The second-order valence-electron chi connectivity index (χ2n) is 5.36. The van der Waals surface area contributed by atoms with Crippen LogP contribution < -0.4 is 5.32 Å². The fourth-order valence-corrected chi connectivity index (χ4v) is 2.70. The van der Waals surface area contributed by atoms with Crippen LogP contribution in [0.5, 0.6) is 0 Å². The van der Waals surface area contributed by atoms with Gasteiger partial charge in [0.1, 0.15) is 5.82 Å². The van der Waals surface area contributed by atoms with Crippen LogP contribution in [0.15, 0.2) is 30.5 Å². The number of benzene rings is 1. The zero-order valence-corrected chi connectivity index (χ0v) is 11.4. The smallest absolute Gasteiger partial charge is 0.106 e. The van der Waals surface area contributed by atoms with Crippen molar-refractivity contribution < 1.29 is 0 Å². The van der Waals surface area contributed by atoms with Crippen LogP contribution in [0.3, 0.4) is 0 Å². The summed E-state index contributed by atoms with van der Waals surface area (Å²) in [6, 6.07) is 8.73. The molecule has 100 valence electrons. The second-order valence-corrected chi connectivity index (χ2v) is 5.36. The van der Waals surface area contributed by atoms with E-state index in [0.717, 1.165) is 43.4 Å². The van der Waals surface area contributed by atoms with Crippen LogP contribution in [0.1, 0.15) is 24.7 Å². The number of nitrogens with one attached hydrogen (secondary N) is 2. The molecule has 1 saturated heterocycles. The minimum atomic E-state index is 0.737. The van der Waals surface area contributed by atoms with Gasteiger partial charge in [-0.1, -0.05) is 31.2 Å². The van der Waals surface area contributed by atoms with E-state index in [1.807, 2.05) is 6.20 Å². The molecule has 1 unspecified atom stereocenters. The van der Waals surface area contributed by atoms with E-state index in [1.165, 1.54) is 17.5 Å². The Morgan fingerprint density at radius 3 is 2.79 bits per heavy atom. The summed E-state index contributed by atoms with van der Waals surface area (Å²) in [7, 11) is 0. The maximum Gasteiger partial charge on any atom is 0.106 e. The van der Waals surface area contributed by atoms with Crippen LogP contribution in [-0.4, -0.2) is 23.1 Å². The van der Waals surface area contributed by atoms with Crippen LogP contribution in [0, 0.1) is 5.92 Å². The maximum absolute atomic E-state index is 4.52. The molecule has 1 aromatic carbocycles. The largest absolute Gasteiger partial charge is 0.342 e. The lowest BCUT2D eigenvalue weighted by atomic mass is 10.1. The Morgan fingerprint density at radius 1 is 1.26 bits per heavy atom. The van der Waals surface area contributed by atoms with E-state index in [2.05, 4.69) is 46.5 Å². The van der Waals surface area contributed by atoms with Gasteiger partial charge in [-0.3, -0.25) is 0 Å². The summed E-state index contributed by atoms with van der Waals surface area (Å²) in [4.78, 5) is 7.97. The molecule has 1 aliphatic heterocycles. The summed E-state index contributed by atoms with van der Waals surface area (Å²) >= 11 is 0. The van der Waals surface area contributed by atoms with Gasteiger partial charge in [0, 0.05) is 6.42 Å². The Hall–Kier alpha value is -1.61. The van der Waals surface area contributed by atoms with Crippen molar-refractivity contribution >= 4 is 0 Å². The highest BCUT2D eigenvalue weighted by molar-refractivity contribution is 5.58. The topological polar surface area (TPSA) is 40.7 Å². The first kappa shape index (κ1) is 12.4. The molecule has 0 radical (unpaired) electrons. The number of nitrogens with zero attached hydrogens (tertiary/aromatic N) is 1. The molecular formula is C16H21N3. The molecule has 19 heavy (non-hydrogen) atoms. The van der Waals surface area contributed by atoms with Gasteiger partial charge in [-0.25, -0.2) is 4.98 Å². The van der Waals surface area contributed by atoms with Crippen LogP contribution in [0.2, 0.25) is 0 Å². The standard InChI is InChI=1S/C16H21N3/c1-2-12-3-5-14(6-4-12)15-11-18-16(19-15)9-13-7-8-17-10-13/h3-6,11,13,17H,2,7-10H2,1H3,(H,18,19). The lowest BCUT2D eigenvalue weighted by Gasteiger charge is -2.04. The molecule has 1 fully saturated rings. The Balaban J connectivity index is 1.72. The predicted octanol–water partition coefficient (Wildman–Crippen LogP) is 2.79. The molecule has 0 amide bonds. The van der Waals surface area contributed by atoms with E-state index in [0.29, 0.717) is 0 Å². The summed E-state index contributed by atoms with van der Waals surface area (Å²) in [5.41, 5.74) is 3.73. The third kappa shape index (κ3) is 2.87. The van der Waals surface area contributed by atoms with Crippen LogP contribution in [-0.2, 0) is 12.8 Å². The number of rotatable bonds is 4.